The number of amides is 1. The highest BCUT2D eigenvalue weighted by Crippen LogP contribution is 2.30. The maximum atomic E-state index is 12.9. The largest absolute Gasteiger partial charge is 0.346 e. The minimum Gasteiger partial charge on any atom is -0.346 e. The van der Waals surface area contributed by atoms with Crippen LogP contribution in [0.1, 0.15) is 62.4 Å². The fraction of sp³-hybridized carbons (Fsp3) is 0.500. The van der Waals surface area contributed by atoms with Gasteiger partial charge in [-0.15, -0.1) is 0 Å². The van der Waals surface area contributed by atoms with E-state index in [1.807, 2.05) is 6.20 Å². The van der Waals surface area contributed by atoms with E-state index in [0.29, 0.717) is 5.92 Å². The molecular formula is C24H32N4O. The van der Waals surface area contributed by atoms with Crippen LogP contribution in [0.15, 0.2) is 42.6 Å². The predicted molar refractivity (Wildman–Crippen MR) is 116 cm³/mol. The lowest BCUT2D eigenvalue weighted by Gasteiger charge is -2.28. The van der Waals surface area contributed by atoms with Crippen LogP contribution >= 0.6 is 0 Å². The number of fused-ring (bicyclic) bond motifs is 4. The number of rotatable bonds is 3. The number of hydrogen-bond acceptors (Lipinski definition) is 3. The highest BCUT2D eigenvalue weighted by Gasteiger charge is 2.28. The van der Waals surface area contributed by atoms with E-state index < -0.39 is 0 Å². The molecule has 0 spiro atoms. The van der Waals surface area contributed by atoms with Gasteiger partial charge in [0.15, 0.2) is 0 Å². The summed E-state index contributed by atoms with van der Waals surface area (Å²) in [5.74, 6) is 1.67. The molecule has 2 bridgehead atoms. The van der Waals surface area contributed by atoms with E-state index in [1.54, 1.807) is 0 Å². The summed E-state index contributed by atoms with van der Waals surface area (Å²) in [6.45, 7) is 0.735. The summed E-state index contributed by atoms with van der Waals surface area (Å²) in [5.41, 5.74) is 9.38. The number of nitrogens with two attached hydrogens (primary N) is 1. The van der Waals surface area contributed by atoms with Gasteiger partial charge in [-0.05, 0) is 69.4 Å². The zero-order valence-electron chi connectivity index (χ0n) is 17.1. The van der Waals surface area contributed by atoms with Crippen molar-refractivity contribution >= 4 is 5.91 Å². The summed E-state index contributed by atoms with van der Waals surface area (Å²) < 4.78 is 0. The summed E-state index contributed by atoms with van der Waals surface area (Å²) in [4.78, 5) is 21.1. The number of aromatic nitrogens is 2. The Balaban J connectivity index is 1.53. The van der Waals surface area contributed by atoms with Crippen LogP contribution in [0, 0.1) is 11.8 Å². The Hall–Kier alpha value is -2.40. The third-order valence-electron chi connectivity index (χ3n) is 6.46. The van der Waals surface area contributed by atoms with Crippen LogP contribution in [0.4, 0.5) is 0 Å². The molecule has 1 aliphatic carbocycles. The number of hydrogen-bond donors (Lipinski definition) is 3. The van der Waals surface area contributed by atoms with E-state index in [0.717, 1.165) is 69.4 Å². The third-order valence-corrected chi connectivity index (χ3v) is 6.46. The standard InChI is InChI=1S/C24H32N4O/c25-15-17-11-13-19(14-12-17)24(29)28-21-10-4-2-1-3-7-18-8-5-6-9-20(18)22-16-26-23(21)27-22/h2,4-6,8-9,16-17,19,21H,1,3,7,10-15,25H2,(H,26,27)(H,28,29). The fourth-order valence-corrected chi connectivity index (χ4v) is 4.60. The van der Waals surface area contributed by atoms with Gasteiger partial charge in [-0.2, -0.15) is 0 Å². The Bertz CT molecular complexity index is 848. The molecule has 5 heteroatoms. The molecule has 2 aromatic rings. The van der Waals surface area contributed by atoms with Crippen molar-refractivity contribution in [3.05, 3.63) is 54.0 Å². The van der Waals surface area contributed by atoms with Gasteiger partial charge in [-0.25, -0.2) is 4.98 Å². The van der Waals surface area contributed by atoms with Crippen LogP contribution in [-0.2, 0) is 11.2 Å². The number of nitrogens with zero attached hydrogens (tertiary/aromatic N) is 1. The molecule has 1 aliphatic heterocycles. The molecule has 1 fully saturated rings. The second kappa shape index (κ2) is 9.40. The highest BCUT2D eigenvalue weighted by molar-refractivity contribution is 5.79. The van der Waals surface area contributed by atoms with Crippen molar-refractivity contribution in [3.63, 3.8) is 0 Å². The molecule has 2 heterocycles. The van der Waals surface area contributed by atoms with Crippen LogP contribution in [0.5, 0.6) is 0 Å². The summed E-state index contributed by atoms with van der Waals surface area (Å²) >= 11 is 0. The molecular weight excluding hydrogens is 360 g/mol. The molecule has 1 unspecified atom stereocenters. The minimum absolute atomic E-state index is 0.0957. The van der Waals surface area contributed by atoms with Gasteiger partial charge >= 0.3 is 0 Å². The molecule has 5 nitrogen and oxygen atoms in total. The highest BCUT2D eigenvalue weighted by atomic mass is 16.1. The first-order valence-electron chi connectivity index (χ1n) is 11.0. The zero-order valence-corrected chi connectivity index (χ0v) is 17.1. The summed E-state index contributed by atoms with van der Waals surface area (Å²) in [6.07, 6.45) is 14.3. The fourth-order valence-electron chi connectivity index (χ4n) is 4.60. The predicted octanol–water partition coefficient (Wildman–Crippen LogP) is 4.28. The van der Waals surface area contributed by atoms with E-state index in [1.165, 1.54) is 11.1 Å². The summed E-state index contributed by atoms with van der Waals surface area (Å²) in [7, 11) is 0. The molecule has 4 rings (SSSR count). The average molecular weight is 393 g/mol. The van der Waals surface area contributed by atoms with E-state index in [9.17, 15) is 4.79 Å². The Morgan fingerprint density at radius 2 is 2.00 bits per heavy atom. The van der Waals surface area contributed by atoms with E-state index >= 15 is 0 Å². The lowest BCUT2D eigenvalue weighted by atomic mass is 9.81. The van der Waals surface area contributed by atoms with Gasteiger partial charge in [-0.3, -0.25) is 4.79 Å². The summed E-state index contributed by atoms with van der Waals surface area (Å²) in [5, 5.41) is 3.28. The molecule has 4 N–H and O–H groups in total. The van der Waals surface area contributed by atoms with Gasteiger partial charge in [-0.1, -0.05) is 36.4 Å². The second-order valence-electron chi connectivity index (χ2n) is 8.45. The van der Waals surface area contributed by atoms with Gasteiger partial charge < -0.3 is 16.0 Å². The zero-order chi connectivity index (χ0) is 20.1. The lowest BCUT2D eigenvalue weighted by molar-refractivity contribution is -0.127. The Kier molecular flexibility index (Phi) is 6.45. The number of benzene rings is 1. The number of allylic oxidation sites excluding steroid dienone is 1. The SMILES string of the molecule is NCC1CCC(C(=O)NC2CC=CCCCc3ccccc3-c3cnc2[nH]3)CC1. The van der Waals surface area contributed by atoms with E-state index in [4.69, 9.17) is 5.73 Å². The number of nitrogens with one attached hydrogen (secondary N) is 2. The first-order valence-corrected chi connectivity index (χ1v) is 11.0. The maximum Gasteiger partial charge on any atom is 0.223 e. The van der Waals surface area contributed by atoms with Crippen LogP contribution < -0.4 is 11.1 Å². The number of carbonyl (C=O) groups is 1. The third kappa shape index (κ3) is 4.78. The number of aryl methyl sites for hydroxylation is 1. The molecule has 2 aliphatic rings. The van der Waals surface area contributed by atoms with Gasteiger partial charge in [0.25, 0.3) is 0 Å². The monoisotopic (exact) mass is 392 g/mol. The van der Waals surface area contributed by atoms with E-state index in [2.05, 4.69) is 51.7 Å². The molecule has 1 aromatic carbocycles. The first kappa shape index (κ1) is 19.9. The Labute approximate surface area is 173 Å². The molecule has 1 atom stereocenters. The number of imidazole rings is 1. The van der Waals surface area contributed by atoms with Crippen molar-refractivity contribution in [1.82, 2.24) is 15.3 Å². The van der Waals surface area contributed by atoms with Crippen molar-refractivity contribution in [2.45, 2.75) is 57.4 Å². The lowest BCUT2D eigenvalue weighted by Crippen LogP contribution is -2.36. The van der Waals surface area contributed by atoms with Crippen LogP contribution in [0.25, 0.3) is 11.3 Å². The Morgan fingerprint density at radius 3 is 2.83 bits per heavy atom. The second-order valence-corrected chi connectivity index (χ2v) is 8.45. The average Bonchev–Trinajstić information content (AvgIpc) is 3.25. The molecule has 1 aromatic heterocycles. The van der Waals surface area contributed by atoms with Gasteiger partial charge in [0.1, 0.15) is 5.82 Å². The van der Waals surface area contributed by atoms with Gasteiger partial charge in [0, 0.05) is 11.5 Å². The van der Waals surface area contributed by atoms with E-state index in [-0.39, 0.29) is 17.9 Å². The van der Waals surface area contributed by atoms with Crippen molar-refractivity contribution in [2.24, 2.45) is 17.6 Å². The van der Waals surface area contributed by atoms with Crippen LogP contribution in [0.2, 0.25) is 0 Å². The van der Waals surface area contributed by atoms with Gasteiger partial charge in [0.05, 0.1) is 17.9 Å². The smallest absolute Gasteiger partial charge is 0.223 e. The molecule has 154 valence electrons. The van der Waals surface area contributed by atoms with Crippen LogP contribution in [-0.4, -0.2) is 22.4 Å². The van der Waals surface area contributed by atoms with Crippen molar-refractivity contribution in [2.75, 3.05) is 6.54 Å². The maximum absolute atomic E-state index is 12.9. The number of H-pyrrole nitrogens is 1. The topological polar surface area (TPSA) is 83.8 Å². The summed E-state index contributed by atoms with van der Waals surface area (Å²) in [6, 6.07) is 8.40. The van der Waals surface area contributed by atoms with Gasteiger partial charge in [0.2, 0.25) is 5.91 Å². The molecule has 29 heavy (non-hydrogen) atoms. The molecule has 1 amide bonds. The first-order chi connectivity index (χ1) is 14.2. The Morgan fingerprint density at radius 1 is 1.17 bits per heavy atom. The number of carbonyl (C=O) groups excluding carboxylic acids is 1. The van der Waals surface area contributed by atoms with Crippen LogP contribution in [0.3, 0.4) is 0 Å². The minimum atomic E-state index is -0.119. The van der Waals surface area contributed by atoms with Crippen molar-refractivity contribution in [1.29, 1.82) is 0 Å². The molecule has 0 radical (unpaired) electrons. The number of aromatic amines is 1. The molecule has 0 saturated heterocycles. The molecule has 1 saturated carbocycles. The van der Waals surface area contributed by atoms with Crippen molar-refractivity contribution in [3.8, 4) is 11.3 Å². The normalized spacial score (nSPS) is 24.8. The quantitative estimate of drug-likeness (QED) is 0.682. The van der Waals surface area contributed by atoms with Crippen molar-refractivity contribution < 1.29 is 4.79 Å².